The zero-order valence-electron chi connectivity index (χ0n) is 15.2. The van der Waals surface area contributed by atoms with Gasteiger partial charge in [-0.2, -0.15) is 13.2 Å². The molecular formula is C20H16F3N5O. The van der Waals surface area contributed by atoms with Crippen molar-refractivity contribution in [2.75, 3.05) is 18.2 Å². The zero-order chi connectivity index (χ0) is 20.6. The molecule has 0 radical (unpaired) electrons. The molecule has 0 saturated heterocycles. The van der Waals surface area contributed by atoms with Crippen LogP contribution in [0.1, 0.15) is 5.69 Å². The van der Waals surface area contributed by atoms with Gasteiger partial charge in [0, 0.05) is 11.9 Å². The molecule has 9 heteroatoms. The fourth-order valence-electron chi connectivity index (χ4n) is 2.97. The molecule has 0 aliphatic rings. The molecule has 0 aliphatic carbocycles. The van der Waals surface area contributed by atoms with Gasteiger partial charge >= 0.3 is 6.18 Å². The monoisotopic (exact) mass is 399 g/mol. The highest BCUT2D eigenvalue weighted by molar-refractivity contribution is 5.77. The second-order valence-electron chi connectivity index (χ2n) is 6.22. The molecule has 0 unspecified atom stereocenters. The highest BCUT2D eigenvalue weighted by atomic mass is 19.4. The van der Waals surface area contributed by atoms with Gasteiger partial charge in [0.2, 0.25) is 0 Å². The molecule has 0 amide bonds. The molecule has 0 fully saturated rings. The van der Waals surface area contributed by atoms with Gasteiger partial charge in [-0.3, -0.25) is 4.40 Å². The van der Waals surface area contributed by atoms with Crippen LogP contribution in [0, 0.1) is 0 Å². The summed E-state index contributed by atoms with van der Waals surface area (Å²) in [5.41, 5.74) is 5.72. The maximum atomic E-state index is 13.7. The Balaban J connectivity index is 1.82. The third kappa shape index (κ3) is 3.54. The predicted octanol–water partition coefficient (Wildman–Crippen LogP) is 4.75. The van der Waals surface area contributed by atoms with Gasteiger partial charge in [-0.25, -0.2) is 9.97 Å². The van der Waals surface area contributed by atoms with E-state index in [4.69, 9.17) is 10.5 Å². The van der Waals surface area contributed by atoms with Crippen LogP contribution in [0.3, 0.4) is 0 Å². The third-order valence-corrected chi connectivity index (χ3v) is 4.31. The highest BCUT2D eigenvalue weighted by Gasteiger charge is 2.39. The van der Waals surface area contributed by atoms with Crippen molar-refractivity contribution in [3.8, 4) is 17.1 Å². The van der Waals surface area contributed by atoms with E-state index >= 15 is 0 Å². The number of methoxy groups -OCH3 is 1. The SMILES string of the molecule is COc1ccc(Nc2ccc(N)c(-c3c(C(F)(F)F)nc4ccccn34)n2)cc1. The number of ether oxygens (including phenoxy) is 1. The average molecular weight is 399 g/mol. The Morgan fingerprint density at radius 3 is 2.45 bits per heavy atom. The first-order valence-electron chi connectivity index (χ1n) is 8.59. The molecule has 0 bridgehead atoms. The Bertz CT molecular complexity index is 1170. The Kier molecular flexibility index (Phi) is 4.50. The molecule has 3 aromatic heterocycles. The van der Waals surface area contributed by atoms with Gasteiger partial charge in [0.25, 0.3) is 0 Å². The van der Waals surface area contributed by atoms with Crippen molar-refractivity contribution in [3.63, 3.8) is 0 Å². The van der Waals surface area contributed by atoms with Crippen LogP contribution >= 0.6 is 0 Å². The summed E-state index contributed by atoms with van der Waals surface area (Å²) in [4.78, 5) is 8.09. The minimum atomic E-state index is -4.66. The van der Waals surface area contributed by atoms with Crippen LogP contribution < -0.4 is 15.8 Å². The molecule has 4 aromatic rings. The normalized spacial score (nSPS) is 11.6. The maximum Gasteiger partial charge on any atom is 0.435 e. The fraction of sp³-hybridized carbons (Fsp3) is 0.100. The van der Waals surface area contributed by atoms with Crippen LogP contribution in [0.2, 0.25) is 0 Å². The minimum absolute atomic E-state index is 0.00506. The van der Waals surface area contributed by atoms with E-state index in [2.05, 4.69) is 15.3 Å². The van der Waals surface area contributed by atoms with Gasteiger partial charge in [-0.1, -0.05) is 6.07 Å². The van der Waals surface area contributed by atoms with Crippen LogP contribution in [0.15, 0.2) is 60.8 Å². The number of nitrogens with one attached hydrogen (secondary N) is 1. The Morgan fingerprint density at radius 1 is 1.00 bits per heavy atom. The van der Waals surface area contributed by atoms with E-state index in [1.54, 1.807) is 49.6 Å². The lowest BCUT2D eigenvalue weighted by atomic mass is 10.2. The Morgan fingerprint density at radius 2 is 1.76 bits per heavy atom. The molecule has 0 aliphatic heterocycles. The summed E-state index contributed by atoms with van der Waals surface area (Å²) in [5, 5.41) is 3.06. The Hall–Kier alpha value is -3.75. The van der Waals surface area contributed by atoms with Crippen LogP contribution in [-0.4, -0.2) is 21.5 Å². The van der Waals surface area contributed by atoms with E-state index < -0.39 is 11.9 Å². The Labute approximate surface area is 163 Å². The summed E-state index contributed by atoms with van der Waals surface area (Å²) >= 11 is 0. The summed E-state index contributed by atoms with van der Waals surface area (Å²) in [6.45, 7) is 0. The van der Waals surface area contributed by atoms with E-state index in [1.165, 1.54) is 22.7 Å². The number of nitrogens with zero attached hydrogens (tertiary/aromatic N) is 3. The van der Waals surface area contributed by atoms with Gasteiger partial charge in [0.1, 0.15) is 28.6 Å². The lowest BCUT2D eigenvalue weighted by molar-refractivity contribution is -0.140. The summed E-state index contributed by atoms with van der Waals surface area (Å²) in [6, 6.07) is 14.9. The number of aromatic nitrogens is 3. The van der Waals surface area contributed by atoms with Crippen molar-refractivity contribution in [2.45, 2.75) is 6.18 Å². The number of nitrogen functional groups attached to an aromatic ring is 1. The van der Waals surface area contributed by atoms with Gasteiger partial charge in [-0.05, 0) is 48.5 Å². The maximum absolute atomic E-state index is 13.7. The van der Waals surface area contributed by atoms with E-state index in [1.807, 2.05) is 0 Å². The molecule has 0 saturated carbocycles. The van der Waals surface area contributed by atoms with Crippen LogP contribution in [0.5, 0.6) is 5.75 Å². The second kappa shape index (κ2) is 7.01. The number of fused-ring (bicyclic) bond motifs is 1. The molecular weight excluding hydrogens is 383 g/mol. The number of benzene rings is 1. The van der Waals surface area contributed by atoms with Crippen molar-refractivity contribution in [2.24, 2.45) is 0 Å². The number of alkyl halides is 3. The van der Waals surface area contributed by atoms with Crippen LogP contribution in [-0.2, 0) is 6.18 Å². The van der Waals surface area contributed by atoms with Crippen molar-refractivity contribution in [1.29, 1.82) is 0 Å². The first-order valence-corrected chi connectivity index (χ1v) is 8.59. The van der Waals surface area contributed by atoms with Gasteiger partial charge in [-0.15, -0.1) is 0 Å². The summed E-state index contributed by atoms with van der Waals surface area (Å²) in [5.74, 6) is 1.03. The number of hydrogen-bond acceptors (Lipinski definition) is 5. The van der Waals surface area contributed by atoms with Crippen molar-refractivity contribution in [3.05, 3.63) is 66.5 Å². The number of halogens is 3. The number of nitrogens with two attached hydrogens (primary N) is 1. The second-order valence-corrected chi connectivity index (χ2v) is 6.22. The third-order valence-electron chi connectivity index (χ3n) is 4.31. The first-order chi connectivity index (χ1) is 13.9. The molecule has 3 N–H and O–H groups in total. The molecule has 148 valence electrons. The van der Waals surface area contributed by atoms with Crippen molar-refractivity contribution < 1.29 is 17.9 Å². The largest absolute Gasteiger partial charge is 0.497 e. The molecule has 0 spiro atoms. The number of rotatable bonds is 4. The van der Waals surface area contributed by atoms with E-state index in [0.717, 1.165) is 0 Å². The van der Waals surface area contributed by atoms with Gasteiger partial charge in [0.05, 0.1) is 12.8 Å². The standard InChI is InChI=1S/C20H16F3N5O/c1-29-13-7-5-12(6-8-13)25-15-10-9-14(24)17(26-15)18-19(20(21,22)23)27-16-4-2-3-11-28(16)18/h2-11H,24H2,1H3,(H,25,26). The molecule has 3 heterocycles. The smallest absolute Gasteiger partial charge is 0.435 e. The predicted molar refractivity (Wildman–Crippen MR) is 104 cm³/mol. The summed E-state index contributed by atoms with van der Waals surface area (Å²) < 4.78 is 47.4. The summed E-state index contributed by atoms with van der Waals surface area (Å²) in [7, 11) is 1.56. The topological polar surface area (TPSA) is 77.5 Å². The zero-order valence-corrected chi connectivity index (χ0v) is 15.2. The van der Waals surface area contributed by atoms with Crippen molar-refractivity contribution in [1.82, 2.24) is 14.4 Å². The summed E-state index contributed by atoms with van der Waals surface area (Å²) in [6.07, 6.45) is -3.16. The van der Waals surface area contributed by atoms with Crippen LogP contribution in [0.25, 0.3) is 17.0 Å². The van der Waals surface area contributed by atoms with Crippen LogP contribution in [0.4, 0.5) is 30.4 Å². The lowest BCUT2D eigenvalue weighted by Gasteiger charge is -2.12. The van der Waals surface area contributed by atoms with E-state index in [0.29, 0.717) is 17.3 Å². The highest BCUT2D eigenvalue weighted by Crippen LogP contribution is 2.38. The molecule has 1 aromatic carbocycles. The molecule has 29 heavy (non-hydrogen) atoms. The quantitative estimate of drug-likeness (QED) is 0.518. The van der Waals surface area contributed by atoms with E-state index in [-0.39, 0.29) is 22.7 Å². The number of anilines is 3. The molecule has 4 rings (SSSR count). The number of imidazole rings is 1. The number of pyridine rings is 2. The average Bonchev–Trinajstić information content (AvgIpc) is 3.10. The lowest BCUT2D eigenvalue weighted by Crippen LogP contribution is -2.09. The van der Waals surface area contributed by atoms with Crippen molar-refractivity contribution >= 4 is 22.8 Å². The fourth-order valence-corrected chi connectivity index (χ4v) is 2.97. The molecule has 0 atom stereocenters. The first kappa shape index (κ1) is 18.6. The number of hydrogen-bond donors (Lipinski definition) is 2. The molecule has 6 nitrogen and oxygen atoms in total. The van der Waals surface area contributed by atoms with Gasteiger partial charge < -0.3 is 15.8 Å². The van der Waals surface area contributed by atoms with E-state index in [9.17, 15) is 13.2 Å². The minimum Gasteiger partial charge on any atom is -0.497 e. The van der Waals surface area contributed by atoms with Gasteiger partial charge in [0.15, 0.2) is 5.69 Å².